The van der Waals surface area contributed by atoms with Crippen molar-refractivity contribution in [2.24, 2.45) is 7.05 Å². The molecule has 7 heteroatoms. The average molecular weight is 378 g/mol. The summed E-state index contributed by atoms with van der Waals surface area (Å²) in [4.78, 5) is 23.7. The van der Waals surface area contributed by atoms with Crippen molar-refractivity contribution in [1.29, 1.82) is 0 Å². The van der Waals surface area contributed by atoms with E-state index in [1.165, 1.54) is 6.08 Å². The zero-order valence-corrected chi connectivity index (χ0v) is 14.3. The van der Waals surface area contributed by atoms with Crippen LogP contribution in [0.1, 0.15) is 16.1 Å². The number of nitrogens with one attached hydrogen (secondary N) is 2. The molecule has 120 valence electrons. The van der Waals surface area contributed by atoms with Crippen LogP contribution in [-0.4, -0.2) is 23.5 Å². The first-order valence-corrected chi connectivity index (χ1v) is 7.53. The van der Waals surface area contributed by atoms with Crippen LogP contribution in [0.3, 0.4) is 0 Å². The van der Waals surface area contributed by atoms with Gasteiger partial charge in [0.05, 0.1) is 7.11 Å². The Labute approximate surface area is 142 Å². The summed E-state index contributed by atoms with van der Waals surface area (Å²) in [6.45, 7) is 0. The normalized spacial score (nSPS) is 10.6. The predicted molar refractivity (Wildman–Crippen MR) is 90.7 cm³/mol. The lowest BCUT2D eigenvalue weighted by Crippen LogP contribution is -2.41. The highest BCUT2D eigenvalue weighted by atomic mass is 79.9. The Hall–Kier alpha value is -2.54. The van der Waals surface area contributed by atoms with Crippen LogP contribution in [0.25, 0.3) is 6.08 Å². The van der Waals surface area contributed by atoms with E-state index in [1.807, 2.05) is 18.2 Å². The number of hydrogen-bond donors (Lipinski definition) is 2. The van der Waals surface area contributed by atoms with Crippen molar-refractivity contribution < 1.29 is 14.3 Å². The fourth-order valence-electron chi connectivity index (χ4n) is 1.89. The predicted octanol–water partition coefficient (Wildman–Crippen LogP) is 2.27. The van der Waals surface area contributed by atoms with Gasteiger partial charge in [0, 0.05) is 23.8 Å². The molecule has 2 N–H and O–H groups in total. The van der Waals surface area contributed by atoms with Crippen molar-refractivity contribution >= 4 is 33.8 Å². The van der Waals surface area contributed by atoms with E-state index in [2.05, 4.69) is 26.8 Å². The first-order chi connectivity index (χ1) is 11.0. The second kappa shape index (κ2) is 7.64. The topological polar surface area (TPSA) is 72.4 Å². The maximum Gasteiger partial charge on any atom is 0.286 e. The second-order valence-electron chi connectivity index (χ2n) is 4.71. The molecule has 0 aliphatic heterocycles. The van der Waals surface area contributed by atoms with Gasteiger partial charge in [-0.3, -0.25) is 20.4 Å². The second-order valence-corrected chi connectivity index (χ2v) is 5.62. The number of hydrogen-bond acceptors (Lipinski definition) is 3. The monoisotopic (exact) mass is 377 g/mol. The van der Waals surface area contributed by atoms with Crippen molar-refractivity contribution in [3.05, 3.63) is 58.3 Å². The van der Waals surface area contributed by atoms with Gasteiger partial charge in [0.2, 0.25) is 0 Å². The molecule has 2 rings (SSSR count). The molecule has 0 saturated carbocycles. The Balaban J connectivity index is 1.90. The van der Waals surface area contributed by atoms with Crippen LogP contribution >= 0.6 is 15.9 Å². The van der Waals surface area contributed by atoms with Crippen molar-refractivity contribution in [1.82, 2.24) is 15.4 Å². The maximum atomic E-state index is 11.9. The summed E-state index contributed by atoms with van der Waals surface area (Å²) in [5, 5.41) is 0. The number of ether oxygens (including phenoxy) is 1. The standard InChI is InChI=1S/C16H16BrN3O3/c1-20-10-12(17)9-14(20)16(22)19-18-15(21)7-6-11-4-3-5-13(8-11)23-2/h3-10H,1-2H3,(H,18,21)(H,19,22)/b7-6+. The van der Waals surface area contributed by atoms with Gasteiger partial charge in [-0.1, -0.05) is 12.1 Å². The number of rotatable bonds is 4. The highest BCUT2D eigenvalue weighted by Crippen LogP contribution is 2.14. The Morgan fingerprint density at radius 2 is 2.04 bits per heavy atom. The van der Waals surface area contributed by atoms with Gasteiger partial charge in [-0.2, -0.15) is 0 Å². The molecule has 0 spiro atoms. The number of amides is 2. The molecule has 0 unspecified atom stereocenters. The molecule has 1 heterocycles. The van der Waals surface area contributed by atoms with Gasteiger partial charge in [0.15, 0.2) is 0 Å². The number of benzene rings is 1. The molecule has 0 atom stereocenters. The highest BCUT2D eigenvalue weighted by Gasteiger charge is 2.11. The lowest BCUT2D eigenvalue weighted by atomic mass is 10.2. The number of carbonyl (C=O) groups excluding carboxylic acids is 2. The third kappa shape index (κ3) is 4.72. The van der Waals surface area contributed by atoms with Crippen molar-refractivity contribution in [3.63, 3.8) is 0 Å². The van der Waals surface area contributed by atoms with Gasteiger partial charge >= 0.3 is 0 Å². The molecule has 23 heavy (non-hydrogen) atoms. The third-order valence-electron chi connectivity index (χ3n) is 3.02. The molecule has 6 nitrogen and oxygen atoms in total. The largest absolute Gasteiger partial charge is 0.497 e. The number of aryl methyl sites for hydroxylation is 1. The van der Waals surface area contributed by atoms with Crippen molar-refractivity contribution in [3.8, 4) is 5.75 Å². The summed E-state index contributed by atoms with van der Waals surface area (Å²) in [5.41, 5.74) is 5.93. The first-order valence-electron chi connectivity index (χ1n) is 6.74. The molecular weight excluding hydrogens is 362 g/mol. The van der Waals surface area contributed by atoms with Gasteiger partial charge in [-0.25, -0.2) is 0 Å². The molecule has 1 aromatic carbocycles. The molecule has 0 saturated heterocycles. The Kier molecular flexibility index (Phi) is 5.59. The molecule has 0 radical (unpaired) electrons. The van der Waals surface area contributed by atoms with Crippen molar-refractivity contribution in [2.45, 2.75) is 0 Å². The summed E-state index contributed by atoms with van der Waals surface area (Å²) in [6, 6.07) is 8.94. The van der Waals surface area contributed by atoms with E-state index in [0.29, 0.717) is 11.4 Å². The average Bonchev–Trinajstić information content (AvgIpc) is 2.89. The highest BCUT2D eigenvalue weighted by molar-refractivity contribution is 9.10. The minimum absolute atomic E-state index is 0.402. The summed E-state index contributed by atoms with van der Waals surface area (Å²) >= 11 is 3.28. The summed E-state index contributed by atoms with van der Waals surface area (Å²) in [7, 11) is 3.32. The molecule has 0 aliphatic carbocycles. The maximum absolute atomic E-state index is 11.9. The van der Waals surface area contributed by atoms with Gasteiger partial charge in [-0.15, -0.1) is 0 Å². The van der Waals surface area contributed by atoms with Gasteiger partial charge in [-0.05, 0) is 45.8 Å². The number of methoxy groups -OCH3 is 1. The minimum atomic E-state index is -0.436. The lowest BCUT2D eigenvalue weighted by molar-refractivity contribution is -0.117. The third-order valence-corrected chi connectivity index (χ3v) is 3.46. The fourth-order valence-corrected chi connectivity index (χ4v) is 2.42. The van der Waals surface area contributed by atoms with Crippen LogP contribution in [0.4, 0.5) is 0 Å². The summed E-state index contributed by atoms with van der Waals surface area (Å²) < 4.78 is 7.54. The zero-order valence-electron chi connectivity index (χ0n) is 12.7. The molecule has 1 aromatic heterocycles. The molecule has 0 bridgehead atoms. The lowest BCUT2D eigenvalue weighted by Gasteiger charge is -2.06. The Morgan fingerprint density at radius 3 is 2.70 bits per heavy atom. The van der Waals surface area contributed by atoms with Crippen LogP contribution < -0.4 is 15.6 Å². The van der Waals surface area contributed by atoms with E-state index >= 15 is 0 Å². The zero-order chi connectivity index (χ0) is 16.8. The van der Waals surface area contributed by atoms with Crippen LogP contribution in [0.5, 0.6) is 5.75 Å². The molecule has 2 aromatic rings. The smallest absolute Gasteiger partial charge is 0.286 e. The fraction of sp³-hybridized carbons (Fsp3) is 0.125. The summed E-state index contributed by atoms with van der Waals surface area (Å²) in [5.74, 6) is -0.133. The molecular formula is C16H16BrN3O3. The van der Waals surface area contributed by atoms with E-state index in [9.17, 15) is 9.59 Å². The summed E-state index contributed by atoms with van der Waals surface area (Å²) in [6.07, 6.45) is 4.71. The van der Waals surface area contributed by atoms with Crippen LogP contribution in [-0.2, 0) is 11.8 Å². The van der Waals surface area contributed by atoms with Crippen molar-refractivity contribution in [2.75, 3.05) is 7.11 Å². The number of aromatic nitrogens is 1. The Bertz CT molecular complexity index is 753. The van der Waals surface area contributed by atoms with E-state index < -0.39 is 11.8 Å². The van der Waals surface area contributed by atoms with Gasteiger partial charge < -0.3 is 9.30 Å². The number of hydrazine groups is 1. The SMILES string of the molecule is COc1cccc(/C=C/C(=O)NNC(=O)c2cc(Br)cn2C)c1. The molecule has 2 amide bonds. The van der Waals surface area contributed by atoms with E-state index in [-0.39, 0.29) is 0 Å². The van der Waals surface area contributed by atoms with Crippen LogP contribution in [0, 0.1) is 0 Å². The van der Waals surface area contributed by atoms with Crippen LogP contribution in [0.15, 0.2) is 47.1 Å². The Morgan fingerprint density at radius 1 is 1.26 bits per heavy atom. The van der Waals surface area contributed by atoms with E-state index in [0.717, 1.165) is 10.0 Å². The number of halogens is 1. The quantitative estimate of drug-likeness (QED) is 0.634. The number of nitrogens with zero attached hydrogens (tertiary/aromatic N) is 1. The van der Waals surface area contributed by atoms with Crippen LogP contribution in [0.2, 0.25) is 0 Å². The molecule has 0 fully saturated rings. The number of carbonyl (C=O) groups is 2. The van der Waals surface area contributed by atoms with Gasteiger partial charge in [0.25, 0.3) is 11.8 Å². The van der Waals surface area contributed by atoms with E-state index in [4.69, 9.17) is 4.74 Å². The van der Waals surface area contributed by atoms with Gasteiger partial charge in [0.1, 0.15) is 11.4 Å². The minimum Gasteiger partial charge on any atom is -0.497 e. The first kappa shape index (κ1) is 16.8. The molecule has 0 aliphatic rings. The van der Waals surface area contributed by atoms with E-state index in [1.54, 1.807) is 43.1 Å².